The second-order valence-corrected chi connectivity index (χ2v) is 6.38. The first-order chi connectivity index (χ1) is 9.72. The van der Waals surface area contributed by atoms with Crippen LogP contribution in [-0.2, 0) is 16.0 Å². The summed E-state index contributed by atoms with van der Waals surface area (Å²) in [4.78, 5) is 27.0. The molecule has 3 heteroatoms. The van der Waals surface area contributed by atoms with E-state index in [1.807, 2.05) is 24.3 Å². The number of nitrogens with zero attached hydrogens (tertiary/aromatic N) is 1. The van der Waals surface area contributed by atoms with Gasteiger partial charge in [-0.1, -0.05) is 25.1 Å². The Hall–Kier alpha value is -1.64. The lowest BCUT2D eigenvalue weighted by atomic mass is 9.81. The van der Waals surface area contributed by atoms with E-state index in [-0.39, 0.29) is 23.7 Å². The van der Waals surface area contributed by atoms with E-state index in [9.17, 15) is 9.59 Å². The Bertz CT molecular complexity index is 566. The van der Waals surface area contributed by atoms with Gasteiger partial charge in [0.2, 0.25) is 11.8 Å². The highest BCUT2D eigenvalue weighted by Crippen LogP contribution is 2.56. The van der Waals surface area contributed by atoms with Gasteiger partial charge in [-0.3, -0.25) is 9.59 Å². The lowest BCUT2D eigenvalue weighted by Crippen LogP contribution is -2.33. The van der Waals surface area contributed by atoms with Gasteiger partial charge in [-0.05, 0) is 49.1 Å². The van der Waals surface area contributed by atoms with Crippen molar-refractivity contribution in [2.45, 2.75) is 32.6 Å². The van der Waals surface area contributed by atoms with Gasteiger partial charge in [-0.2, -0.15) is 0 Å². The summed E-state index contributed by atoms with van der Waals surface area (Å²) in [6.45, 7) is 2.06. The normalized spacial score (nSPS) is 35.0. The zero-order valence-corrected chi connectivity index (χ0v) is 11.7. The van der Waals surface area contributed by atoms with Crippen LogP contribution in [0.2, 0.25) is 0 Å². The molecule has 0 spiro atoms. The van der Waals surface area contributed by atoms with Crippen LogP contribution in [0.25, 0.3) is 0 Å². The van der Waals surface area contributed by atoms with Gasteiger partial charge in [0.05, 0.1) is 17.5 Å². The van der Waals surface area contributed by atoms with Crippen LogP contribution in [0.4, 0.5) is 5.69 Å². The van der Waals surface area contributed by atoms with Gasteiger partial charge >= 0.3 is 0 Å². The molecule has 1 saturated heterocycles. The molecule has 3 fully saturated rings. The fourth-order valence-electron chi connectivity index (χ4n) is 4.67. The van der Waals surface area contributed by atoms with Crippen molar-refractivity contribution >= 4 is 17.5 Å². The predicted octanol–water partition coefficient (Wildman–Crippen LogP) is 2.78. The molecule has 104 valence electrons. The van der Waals surface area contributed by atoms with Crippen molar-refractivity contribution < 1.29 is 9.59 Å². The molecule has 1 heterocycles. The number of hydrogen-bond donors (Lipinski definition) is 0. The van der Waals surface area contributed by atoms with Crippen molar-refractivity contribution in [1.82, 2.24) is 0 Å². The van der Waals surface area contributed by atoms with Gasteiger partial charge in [0, 0.05) is 0 Å². The highest BCUT2D eigenvalue weighted by Gasteiger charge is 2.61. The molecule has 2 amide bonds. The lowest BCUT2D eigenvalue weighted by molar-refractivity contribution is -0.123. The second-order valence-electron chi connectivity index (χ2n) is 6.38. The Morgan fingerprint density at radius 3 is 2.25 bits per heavy atom. The van der Waals surface area contributed by atoms with Crippen LogP contribution in [0.5, 0.6) is 0 Å². The number of fused-ring (bicyclic) bond motifs is 5. The minimum absolute atomic E-state index is 0.0221. The number of imide groups is 1. The molecular weight excluding hydrogens is 250 g/mol. The van der Waals surface area contributed by atoms with Crippen LogP contribution in [0.3, 0.4) is 0 Å². The highest BCUT2D eigenvalue weighted by atomic mass is 16.2. The molecule has 3 nitrogen and oxygen atoms in total. The molecule has 4 atom stereocenters. The van der Waals surface area contributed by atoms with Gasteiger partial charge in [0.25, 0.3) is 0 Å². The number of carbonyl (C=O) groups excluding carboxylic acids is 2. The smallest absolute Gasteiger partial charge is 0.237 e. The third-order valence-corrected chi connectivity index (χ3v) is 5.54. The molecule has 3 aliphatic rings. The minimum Gasteiger partial charge on any atom is -0.274 e. The highest BCUT2D eigenvalue weighted by molar-refractivity contribution is 6.22. The summed E-state index contributed by atoms with van der Waals surface area (Å²) >= 11 is 0. The Kier molecular flexibility index (Phi) is 2.53. The number of aryl methyl sites for hydroxylation is 1. The van der Waals surface area contributed by atoms with E-state index in [4.69, 9.17) is 0 Å². The van der Waals surface area contributed by atoms with Gasteiger partial charge in [-0.15, -0.1) is 0 Å². The first-order valence-corrected chi connectivity index (χ1v) is 7.68. The molecule has 0 aromatic heterocycles. The Morgan fingerprint density at radius 2 is 1.65 bits per heavy atom. The quantitative estimate of drug-likeness (QED) is 0.774. The molecule has 0 radical (unpaired) electrons. The Balaban J connectivity index is 1.77. The molecule has 0 N–H and O–H groups in total. The number of amides is 2. The summed E-state index contributed by atoms with van der Waals surface area (Å²) in [7, 11) is 0. The number of para-hydroxylation sites is 1. The van der Waals surface area contributed by atoms with Crippen molar-refractivity contribution in [3.63, 3.8) is 0 Å². The Labute approximate surface area is 119 Å². The average molecular weight is 269 g/mol. The van der Waals surface area contributed by atoms with Crippen LogP contribution in [0.15, 0.2) is 24.3 Å². The molecule has 1 aliphatic heterocycles. The SMILES string of the molecule is CCc1ccccc1N1C(=O)[C@@H]2[C@@H]3CC[C@@H](C3)[C@@H]2C1=O. The third-order valence-electron chi connectivity index (χ3n) is 5.54. The van der Waals surface area contributed by atoms with E-state index >= 15 is 0 Å². The molecule has 4 rings (SSSR count). The molecule has 1 aromatic carbocycles. The first-order valence-electron chi connectivity index (χ1n) is 7.68. The lowest BCUT2D eigenvalue weighted by Gasteiger charge is -2.20. The summed E-state index contributed by atoms with van der Waals surface area (Å²) in [5, 5.41) is 0. The van der Waals surface area contributed by atoms with Crippen molar-refractivity contribution in [1.29, 1.82) is 0 Å². The second kappa shape index (κ2) is 4.18. The summed E-state index contributed by atoms with van der Waals surface area (Å²) in [5.41, 5.74) is 1.90. The summed E-state index contributed by atoms with van der Waals surface area (Å²) < 4.78 is 0. The maximum Gasteiger partial charge on any atom is 0.237 e. The minimum atomic E-state index is -0.0221. The summed E-state index contributed by atoms with van der Waals surface area (Å²) in [6, 6.07) is 7.81. The van der Waals surface area contributed by atoms with Crippen molar-refractivity contribution in [2.75, 3.05) is 4.90 Å². The number of carbonyl (C=O) groups is 2. The average Bonchev–Trinajstić information content (AvgIpc) is 3.13. The monoisotopic (exact) mass is 269 g/mol. The van der Waals surface area contributed by atoms with Crippen molar-refractivity contribution in [3.8, 4) is 0 Å². The number of hydrogen-bond acceptors (Lipinski definition) is 2. The standard InChI is InChI=1S/C17H19NO2/c1-2-10-5-3-4-6-13(10)18-16(19)14-11-7-8-12(9-11)15(14)17(18)20/h3-6,11-12,14-15H,2,7-9H2,1H3/t11-,12+,14-,15+. The topological polar surface area (TPSA) is 37.4 Å². The number of benzene rings is 1. The fourth-order valence-corrected chi connectivity index (χ4v) is 4.67. The van der Waals surface area contributed by atoms with Crippen molar-refractivity contribution in [3.05, 3.63) is 29.8 Å². The largest absolute Gasteiger partial charge is 0.274 e. The maximum absolute atomic E-state index is 12.8. The molecular formula is C17H19NO2. The Morgan fingerprint density at radius 1 is 1.05 bits per heavy atom. The van der Waals surface area contributed by atoms with E-state index in [2.05, 4.69) is 6.92 Å². The van der Waals surface area contributed by atoms with Gasteiger partial charge in [0.15, 0.2) is 0 Å². The number of anilines is 1. The van der Waals surface area contributed by atoms with Crippen LogP contribution in [0.1, 0.15) is 31.7 Å². The zero-order valence-electron chi connectivity index (χ0n) is 11.7. The van der Waals surface area contributed by atoms with Gasteiger partial charge < -0.3 is 0 Å². The molecule has 2 bridgehead atoms. The molecule has 1 aromatic rings. The van der Waals surface area contributed by atoms with E-state index in [1.54, 1.807) is 0 Å². The fraction of sp³-hybridized carbons (Fsp3) is 0.529. The van der Waals surface area contributed by atoms with E-state index in [0.717, 1.165) is 36.9 Å². The first kappa shape index (κ1) is 12.1. The van der Waals surface area contributed by atoms with E-state index in [0.29, 0.717) is 11.8 Å². The van der Waals surface area contributed by atoms with E-state index in [1.165, 1.54) is 4.90 Å². The van der Waals surface area contributed by atoms with E-state index < -0.39 is 0 Å². The third kappa shape index (κ3) is 1.41. The van der Waals surface area contributed by atoms with Crippen molar-refractivity contribution in [2.24, 2.45) is 23.7 Å². The molecule has 0 unspecified atom stereocenters. The van der Waals surface area contributed by atoms with Gasteiger partial charge in [-0.25, -0.2) is 4.90 Å². The predicted molar refractivity (Wildman–Crippen MR) is 76.1 cm³/mol. The maximum atomic E-state index is 12.8. The van der Waals surface area contributed by atoms with Crippen LogP contribution < -0.4 is 4.90 Å². The summed E-state index contributed by atoms with van der Waals surface area (Å²) in [5.74, 6) is 0.999. The van der Waals surface area contributed by atoms with Crippen LogP contribution in [-0.4, -0.2) is 11.8 Å². The van der Waals surface area contributed by atoms with Gasteiger partial charge in [0.1, 0.15) is 0 Å². The molecule has 2 aliphatic carbocycles. The summed E-state index contributed by atoms with van der Waals surface area (Å²) in [6.07, 6.45) is 4.20. The molecule has 20 heavy (non-hydrogen) atoms. The molecule has 2 saturated carbocycles. The van der Waals surface area contributed by atoms with Crippen LogP contribution >= 0.6 is 0 Å². The number of rotatable bonds is 2. The zero-order chi connectivity index (χ0) is 13.9. The van der Waals surface area contributed by atoms with Crippen LogP contribution in [0, 0.1) is 23.7 Å².